The van der Waals surface area contributed by atoms with Crippen molar-refractivity contribution >= 4 is 34.0 Å². The Labute approximate surface area is 163 Å². The fraction of sp³-hybridized carbons (Fsp3) is 0.273. The first kappa shape index (κ1) is 19.6. The summed E-state index contributed by atoms with van der Waals surface area (Å²) in [5.74, 6) is -0.349. The molecule has 0 saturated heterocycles. The van der Waals surface area contributed by atoms with Crippen LogP contribution in [0.3, 0.4) is 0 Å². The van der Waals surface area contributed by atoms with E-state index in [2.05, 4.69) is 10.3 Å². The Kier molecular flexibility index (Phi) is 6.42. The van der Waals surface area contributed by atoms with Crippen LogP contribution in [-0.4, -0.2) is 16.7 Å². The zero-order chi connectivity index (χ0) is 19.9. The van der Waals surface area contributed by atoms with Crippen molar-refractivity contribution in [1.29, 1.82) is 0 Å². The predicted octanol–water partition coefficient (Wildman–Crippen LogP) is 5.05. The number of hydrogen-bond donors (Lipinski definition) is 3. The lowest BCUT2D eigenvalue weighted by Gasteiger charge is -2.07. The molecule has 0 radical (unpaired) electrons. The number of ketones is 1. The van der Waals surface area contributed by atoms with Crippen molar-refractivity contribution in [3.8, 4) is 0 Å². The van der Waals surface area contributed by atoms with Crippen LogP contribution in [0.4, 0.5) is 15.8 Å². The molecule has 0 atom stereocenters. The molecule has 1 heterocycles. The van der Waals surface area contributed by atoms with Gasteiger partial charge in [-0.25, -0.2) is 4.39 Å². The van der Waals surface area contributed by atoms with Crippen molar-refractivity contribution in [2.45, 2.75) is 38.5 Å². The second-order valence-electron chi connectivity index (χ2n) is 6.89. The van der Waals surface area contributed by atoms with Crippen molar-refractivity contribution in [3.05, 3.63) is 60.0 Å². The summed E-state index contributed by atoms with van der Waals surface area (Å²) in [4.78, 5) is 27.3. The van der Waals surface area contributed by atoms with E-state index in [4.69, 9.17) is 5.73 Å². The maximum atomic E-state index is 13.2. The van der Waals surface area contributed by atoms with E-state index in [0.717, 1.165) is 31.2 Å². The van der Waals surface area contributed by atoms with Gasteiger partial charge in [-0.1, -0.05) is 25.0 Å². The van der Waals surface area contributed by atoms with Crippen molar-refractivity contribution in [2.24, 2.45) is 0 Å². The molecule has 5 nitrogen and oxygen atoms in total. The number of carbonyl (C=O) groups is 2. The summed E-state index contributed by atoms with van der Waals surface area (Å²) >= 11 is 0. The quantitative estimate of drug-likeness (QED) is 0.275. The molecule has 4 N–H and O–H groups in total. The Morgan fingerprint density at radius 1 is 0.964 bits per heavy atom. The molecule has 0 saturated carbocycles. The number of aromatic nitrogens is 1. The van der Waals surface area contributed by atoms with E-state index in [1.807, 2.05) is 12.1 Å². The van der Waals surface area contributed by atoms with Crippen LogP contribution < -0.4 is 11.1 Å². The molecule has 146 valence electrons. The first-order chi connectivity index (χ1) is 13.5. The number of nitrogens with two attached hydrogens (primary N) is 1. The number of para-hydroxylation sites is 2. The molecule has 3 aromatic rings. The fourth-order valence-corrected chi connectivity index (χ4v) is 3.14. The van der Waals surface area contributed by atoms with Crippen molar-refractivity contribution in [1.82, 2.24) is 4.98 Å². The van der Waals surface area contributed by atoms with Crippen molar-refractivity contribution in [2.75, 3.05) is 11.1 Å². The maximum Gasteiger partial charge on any atom is 0.224 e. The van der Waals surface area contributed by atoms with E-state index < -0.39 is 0 Å². The number of halogens is 1. The lowest BCUT2D eigenvalue weighted by Crippen LogP contribution is -2.12. The zero-order valence-corrected chi connectivity index (χ0v) is 15.6. The highest BCUT2D eigenvalue weighted by atomic mass is 19.1. The van der Waals surface area contributed by atoms with Crippen molar-refractivity contribution in [3.63, 3.8) is 0 Å². The number of amides is 1. The molecular weight excluding hydrogens is 357 g/mol. The number of aromatic amines is 1. The van der Waals surface area contributed by atoms with E-state index in [9.17, 15) is 14.0 Å². The molecule has 0 aliphatic heterocycles. The minimum atomic E-state index is -0.315. The molecule has 0 unspecified atom stereocenters. The SMILES string of the molecule is Nc1ccccc1NC(=O)CCCCCCC(=O)c1cc2cc(F)ccc2[nH]1. The minimum absolute atomic E-state index is 0.0221. The lowest BCUT2D eigenvalue weighted by molar-refractivity contribution is -0.116. The smallest absolute Gasteiger partial charge is 0.224 e. The Hall–Kier alpha value is -3.15. The first-order valence-corrected chi connectivity index (χ1v) is 9.49. The van der Waals surface area contributed by atoms with Crippen molar-refractivity contribution < 1.29 is 14.0 Å². The van der Waals surface area contributed by atoms with E-state index >= 15 is 0 Å². The maximum absolute atomic E-state index is 13.2. The molecule has 0 aliphatic carbocycles. The van der Waals surface area contributed by atoms with Gasteiger partial charge in [0.2, 0.25) is 5.91 Å². The van der Waals surface area contributed by atoms with Gasteiger partial charge >= 0.3 is 0 Å². The standard InChI is InChI=1S/C22H24FN3O2/c23-16-11-12-18-15(13-16)14-20(25-18)21(27)9-3-1-2-4-10-22(28)26-19-8-6-5-7-17(19)24/h5-8,11-14,25H,1-4,9-10,24H2,(H,26,28). The normalized spacial score (nSPS) is 10.9. The summed E-state index contributed by atoms with van der Waals surface area (Å²) < 4.78 is 13.2. The number of carbonyl (C=O) groups excluding carboxylic acids is 2. The van der Waals surface area contributed by atoms with Gasteiger partial charge in [0.15, 0.2) is 5.78 Å². The van der Waals surface area contributed by atoms with Crippen LogP contribution in [0, 0.1) is 5.82 Å². The summed E-state index contributed by atoms with van der Waals surface area (Å²) in [6, 6.07) is 13.3. The number of fused-ring (bicyclic) bond motifs is 1. The van der Waals surface area contributed by atoms with Gasteiger partial charge in [-0.15, -0.1) is 0 Å². The Bertz CT molecular complexity index is 981. The van der Waals surface area contributed by atoms with E-state index in [1.165, 1.54) is 12.1 Å². The number of H-pyrrole nitrogens is 1. The molecule has 1 amide bonds. The van der Waals surface area contributed by atoms with Crippen LogP contribution in [0.2, 0.25) is 0 Å². The minimum Gasteiger partial charge on any atom is -0.397 e. The lowest BCUT2D eigenvalue weighted by atomic mass is 10.1. The largest absolute Gasteiger partial charge is 0.397 e. The number of nitrogen functional groups attached to an aromatic ring is 1. The topological polar surface area (TPSA) is 88.0 Å². The second kappa shape index (κ2) is 9.17. The number of rotatable bonds is 9. The highest BCUT2D eigenvalue weighted by Gasteiger charge is 2.10. The summed E-state index contributed by atoms with van der Waals surface area (Å²) in [5.41, 5.74) is 8.26. The average molecular weight is 381 g/mol. The van der Waals surface area contributed by atoms with E-state index in [0.29, 0.717) is 35.3 Å². The monoisotopic (exact) mass is 381 g/mol. The van der Waals surface area contributed by atoms with Gasteiger partial charge in [0, 0.05) is 23.7 Å². The van der Waals surface area contributed by atoms with Crippen LogP contribution in [0.25, 0.3) is 10.9 Å². The van der Waals surface area contributed by atoms with Gasteiger partial charge in [0.1, 0.15) is 5.82 Å². The molecule has 2 aromatic carbocycles. The van der Waals surface area contributed by atoms with Crippen LogP contribution in [0.15, 0.2) is 48.5 Å². The predicted molar refractivity (Wildman–Crippen MR) is 110 cm³/mol. The van der Waals surface area contributed by atoms with Crippen LogP contribution in [0.5, 0.6) is 0 Å². The Morgan fingerprint density at radius 2 is 1.71 bits per heavy atom. The van der Waals surface area contributed by atoms with Gasteiger partial charge in [-0.2, -0.15) is 0 Å². The number of Topliss-reactive ketones (excluding diaryl/α,β-unsaturated/α-hetero) is 1. The highest BCUT2D eigenvalue weighted by molar-refractivity contribution is 5.99. The third kappa shape index (κ3) is 5.19. The Morgan fingerprint density at radius 3 is 2.50 bits per heavy atom. The number of unbranched alkanes of at least 4 members (excludes halogenated alkanes) is 3. The van der Waals surface area contributed by atoms with Gasteiger partial charge in [0.05, 0.1) is 17.1 Å². The fourth-order valence-electron chi connectivity index (χ4n) is 3.14. The first-order valence-electron chi connectivity index (χ1n) is 9.49. The number of hydrogen-bond acceptors (Lipinski definition) is 3. The summed E-state index contributed by atoms with van der Waals surface area (Å²) in [6.45, 7) is 0. The molecule has 0 spiro atoms. The molecule has 6 heteroatoms. The molecular formula is C22H24FN3O2. The van der Waals surface area contributed by atoms with Gasteiger partial charge in [-0.05, 0) is 49.2 Å². The summed E-state index contributed by atoms with van der Waals surface area (Å²) in [7, 11) is 0. The molecule has 0 fully saturated rings. The number of benzene rings is 2. The second-order valence-corrected chi connectivity index (χ2v) is 6.89. The zero-order valence-electron chi connectivity index (χ0n) is 15.6. The molecule has 3 rings (SSSR count). The summed E-state index contributed by atoms with van der Waals surface area (Å²) in [6.07, 6.45) is 4.14. The number of anilines is 2. The average Bonchev–Trinajstić information content (AvgIpc) is 3.09. The number of nitrogens with one attached hydrogen (secondary N) is 2. The third-order valence-electron chi connectivity index (χ3n) is 4.68. The summed E-state index contributed by atoms with van der Waals surface area (Å²) in [5, 5.41) is 3.51. The van der Waals surface area contributed by atoms with Gasteiger partial charge in [-0.3, -0.25) is 9.59 Å². The molecule has 0 bridgehead atoms. The van der Waals surface area contributed by atoms with Gasteiger partial charge < -0.3 is 16.0 Å². The third-order valence-corrected chi connectivity index (χ3v) is 4.68. The van der Waals surface area contributed by atoms with Gasteiger partial charge in [0.25, 0.3) is 0 Å². The molecule has 28 heavy (non-hydrogen) atoms. The highest BCUT2D eigenvalue weighted by Crippen LogP contribution is 2.19. The molecule has 1 aromatic heterocycles. The van der Waals surface area contributed by atoms with E-state index in [-0.39, 0.29) is 17.5 Å². The molecule has 0 aliphatic rings. The van der Waals surface area contributed by atoms with Crippen LogP contribution in [-0.2, 0) is 4.79 Å². The Balaban J connectivity index is 1.34. The van der Waals surface area contributed by atoms with Crippen LogP contribution >= 0.6 is 0 Å². The van der Waals surface area contributed by atoms with Crippen LogP contribution in [0.1, 0.15) is 49.0 Å². The van der Waals surface area contributed by atoms with E-state index in [1.54, 1.807) is 24.3 Å².